The molecule has 0 heterocycles. The fourth-order valence-corrected chi connectivity index (χ4v) is 1.99. The lowest BCUT2D eigenvalue weighted by Gasteiger charge is -2.21. The molecule has 8 heteroatoms. The molecule has 1 aromatic rings. The highest BCUT2D eigenvalue weighted by Crippen LogP contribution is 2.12. The van der Waals surface area contributed by atoms with E-state index in [2.05, 4.69) is 10.2 Å². The molecule has 1 rings (SSSR count). The fourth-order valence-electron chi connectivity index (χ4n) is 1.99. The second kappa shape index (κ2) is 10.2. The van der Waals surface area contributed by atoms with Gasteiger partial charge in [-0.05, 0) is 19.4 Å². The minimum atomic E-state index is -1.42. The summed E-state index contributed by atoms with van der Waals surface area (Å²) in [6.07, 6.45) is -1.57. The lowest BCUT2D eigenvalue weighted by atomic mass is 10.0. The Hall–Kier alpha value is -2.74. The zero-order chi connectivity index (χ0) is 18.8. The summed E-state index contributed by atoms with van der Waals surface area (Å²) in [6.45, 7) is 2.68. The van der Waals surface area contributed by atoms with Crippen LogP contribution in [0.25, 0.3) is 0 Å². The predicted molar refractivity (Wildman–Crippen MR) is 85.7 cm³/mol. The van der Waals surface area contributed by atoms with E-state index in [9.17, 15) is 19.2 Å². The number of benzene rings is 1. The number of rotatable bonds is 9. The van der Waals surface area contributed by atoms with Crippen molar-refractivity contribution in [3.05, 3.63) is 35.9 Å². The van der Waals surface area contributed by atoms with E-state index in [1.54, 1.807) is 12.1 Å². The average molecular weight is 351 g/mol. The van der Waals surface area contributed by atoms with Gasteiger partial charge < -0.3 is 9.47 Å². The Morgan fingerprint density at radius 2 is 1.76 bits per heavy atom. The number of hydrogen-bond donors (Lipinski definition) is 1. The van der Waals surface area contributed by atoms with Crippen LogP contribution in [-0.2, 0) is 40.1 Å². The molecule has 2 atom stereocenters. The lowest BCUT2D eigenvalue weighted by molar-refractivity contribution is -0.166. The first-order chi connectivity index (χ1) is 11.8. The first kappa shape index (κ1) is 20.3. The van der Waals surface area contributed by atoms with E-state index in [-0.39, 0.29) is 12.4 Å². The summed E-state index contributed by atoms with van der Waals surface area (Å²) < 4.78 is 9.52. The summed E-state index contributed by atoms with van der Waals surface area (Å²) in [5, 5.41) is 0. The smallest absolute Gasteiger partial charge is 0.322 e. The molecule has 0 aliphatic heterocycles. The van der Waals surface area contributed by atoms with Crippen LogP contribution < -0.4 is 5.48 Å². The number of carbonyl (C=O) groups excluding carboxylic acids is 4. The molecule has 1 N–H and O–H groups in total. The molecule has 0 spiro atoms. The van der Waals surface area contributed by atoms with Gasteiger partial charge in [-0.3, -0.25) is 24.0 Å². The molecule has 0 aromatic heterocycles. The van der Waals surface area contributed by atoms with Gasteiger partial charge in [0.25, 0.3) is 5.91 Å². The number of ether oxygens (including phenoxy) is 2. The predicted octanol–water partition coefficient (Wildman–Crippen LogP) is 0.934. The zero-order valence-corrected chi connectivity index (χ0v) is 14.3. The van der Waals surface area contributed by atoms with Crippen molar-refractivity contribution in [3.8, 4) is 0 Å². The highest BCUT2D eigenvalue weighted by Gasteiger charge is 2.36. The Bertz CT molecular complexity index is 615. The standard InChI is InChI=1S/C17H21NO7/c1-11(19)9-14(20)25-12(2)15(17(22)23-3)16(21)18-24-10-13-7-5-4-6-8-13/h4-8,12,15H,9-10H2,1-3H3,(H,18,21)/t12-,15+/m1/s1. The van der Waals surface area contributed by atoms with Crippen LogP contribution >= 0.6 is 0 Å². The van der Waals surface area contributed by atoms with Crippen LogP contribution in [0.3, 0.4) is 0 Å². The van der Waals surface area contributed by atoms with Gasteiger partial charge in [0, 0.05) is 0 Å². The number of hydrogen-bond acceptors (Lipinski definition) is 7. The van der Waals surface area contributed by atoms with Gasteiger partial charge in [0.1, 0.15) is 18.3 Å². The number of Topliss-reactive ketones (excluding diaryl/α,β-unsaturated/α-hetero) is 1. The molecule has 8 nitrogen and oxygen atoms in total. The Morgan fingerprint density at radius 1 is 1.12 bits per heavy atom. The maximum atomic E-state index is 12.2. The average Bonchev–Trinajstić information content (AvgIpc) is 2.54. The number of ketones is 1. The molecule has 0 saturated carbocycles. The van der Waals surface area contributed by atoms with Gasteiger partial charge in [-0.15, -0.1) is 0 Å². The van der Waals surface area contributed by atoms with E-state index in [4.69, 9.17) is 9.57 Å². The van der Waals surface area contributed by atoms with Crippen LogP contribution in [0, 0.1) is 5.92 Å². The highest BCUT2D eigenvalue weighted by atomic mass is 16.7. The van der Waals surface area contributed by atoms with Crippen molar-refractivity contribution in [1.82, 2.24) is 5.48 Å². The topological polar surface area (TPSA) is 108 Å². The van der Waals surface area contributed by atoms with E-state index in [0.29, 0.717) is 0 Å². The Balaban J connectivity index is 2.63. The Kier molecular flexibility index (Phi) is 8.28. The third-order valence-electron chi connectivity index (χ3n) is 3.17. The van der Waals surface area contributed by atoms with E-state index in [1.807, 2.05) is 18.2 Å². The monoisotopic (exact) mass is 351 g/mol. The van der Waals surface area contributed by atoms with Gasteiger partial charge in [0.15, 0.2) is 5.92 Å². The van der Waals surface area contributed by atoms with Crippen LogP contribution in [0.5, 0.6) is 0 Å². The van der Waals surface area contributed by atoms with Crippen molar-refractivity contribution in [3.63, 3.8) is 0 Å². The normalized spacial score (nSPS) is 12.6. The molecular weight excluding hydrogens is 330 g/mol. The molecule has 136 valence electrons. The van der Waals surface area contributed by atoms with Gasteiger partial charge in [0.2, 0.25) is 0 Å². The van der Waals surface area contributed by atoms with Crippen molar-refractivity contribution in [2.45, 2.75) is 33.0 Å². The van der Waals surface area contributed by atoms with Gasteiger partial charge in [0.05, 0.1) is 13.7 Å². The van der Waals surface area contributed by atoms with E-state index >= 15 is 0 Å². The quantitative estimate of drug-likeness (QED) is 0.400. The van der Waals surface area contributed by atoms with E-state index in [1.165, 1.54) is 13.8 Å². The molecule has 0 fully saturated rings. The second-order valence-corrected chi connectivity index (χ2v) is 5.32. The maximum absolute atomic E-state index is 12.2. The van der Waals surface area contributed by atoms with Gasteiger partial charge in [-0.25, -0.2) is 5.48 Å². The molecule has 0 unspecified atom stereocenters. The number of amides is 1. The van der Waals surface area contributed by atoms with Crippen molar-refractivity contribution in [1.29, 1.82) is 0 Å². The van der Waals surface area contributed by atoms with Crippen LogP contribution in [0.15, 0.2) is 30.3 Å². The van der Waals surface area contributed by atoms with E-state index in [0.717, 1.165) is 12.7 Å². The molecular formula is C17H21NO7. The number of carbonyl (C=O) groups is 4. The summed E-state index contributed by atoms with van der Waals surface area (Å²) in [5.74, 6) is -4.33. The summed E-state index contributed by atoms with van der Waals surface area (Å²) in [6, 6.07) is 9.07. The van der Waals surface area contributed by atoms with Crippen molar-refractivity contribution >= 4 is 23.6 Å². The molecule has 25 heavy (non-hydrogen) atoms. The molecule has 0 radical (unpaired) electrons. The summed E-state index contributed by atoms with van der Waals surface area (Å²) in [4.78, 5) is 51.6. The number of esters is 2. The van der Waals surface area contributed by atoms with Crippen LogP contribution in [0.1, 0.15) is 25.8 Å². The third-order valence-corrected chi connectivity index (χ3v) is 3.17. The zero-order valence-electron chi connectivity index (χ0n) is 14.3. The van der Waals surface area contributed by atoms with E-state index < -0.39 is 36.3 Å². The van der Waals surface area contributed by atoms with Crippen LogP contribution in [0.4, 0.5) is 0 Å². The molecule has 0 aliphatic rings. The number of methoxy groups -OCH3 is 1. The first-order valence-electron chi connectivity index (χ1n) is 7.57. The van der Waals surface area contributed by atoms with Crippen molar-refractivity contribution in [2.24, 2.45) is 5.92 Å². The van der Waals surface area contributed by atoms with Gasteiger partial charge >= 0.3 is 11.9 Å². The Morgan fingerprint density at radius 3 is 2.32 bits per heavy atom. The third kappa shape index (κ3) is 7.13. The minimum Gasteiger partial charge on any atom is -0.468 e. The highest BCUT2D eigenvalue weighted by molar-refractivity contribution is 5.99. The maximum Gasteiger partial charge on any atom is 0.322 e. The Labute approximate surface area is 145 Å². The molecule has 1 amide bonds. The summed E-state index contributed by atoms with van der Waals surface area (Å²) >= 11 is 0. The first-order valence-corrected chi connectivity index (χ1v) is 7.57. The number of hydroxylamine groups is 1. The number of nitrogens with one attached hydrogen (secondary N) is 1. The van der Waals surface area contributed by atoms with Gasteiger partial charge in [-0.1, -0.05) is 30.3 Å². The SMILES string of the molecule is COC(=O)[C@H](C(=O)NOCc1ccccc1)[C@@H](C)OC(=O)CC(C)=O. The van der Waals surface area contributed by atoms with Gasteiger partial charge in [-0.2, -0.15) is 0 Å². The van der Waals surface area contributed by atoms with Crippen molar-refractivity contribution in [2.75, 3.05) is 7.11 Å². The fraction of sp³-hybridized carbons (Fsp3) is 0.412. The van der Waals surface area contributed by atoms with Crippen molar-refractivity contribution < 1.29 is 33.5 Å². The van der Waals surface area contributed by atoms with Crippen LogP contribution in [-0.4, -0.2) is 36.8 Å². The summed E-state index contributed by atoms with van der Waals surface area (Å²) in [7, 11) is 1.11. The second-order valence-electron chi connectivity index (χ2n) is 5.32. The largest absolute Gasteiger partial charge is 0.468 e. The summed E-state index contributed by atoms with van der Waals surface area (Å²) in [5.41, 5.74) is 2.96. The molecule has 0 saturated heterocycles. The minimum absolute atomic E-state index is 0.0962. The molecule has 0 aliphatic carbocycles. The lowest BCUT2D eigenvalue weighted by Crippen LogP contribution is -2.43. The van der Waals surface area contributed by atoms with Crippen LogP contribution in [0.2, 0.25) is 0 Å². The molecule has 1 aromatic carbocycles. The molecule has 0 bridgehead atoms.